The summed E-state index contributed by atoms with van der Waals surface area (Å²) >= 11 is -0.491. The van der Waals surface area contributed by atoms with Gasteiger partial charge in [-0.25, -0.2) is 9.59 Å². The summed E-state index contributed by atoms with van der Waals surface area (Å²) in [5.74, 6) is -0.614. The van der Waals surface area contributed by atoms with E-state index < -0.39 is 21.2 Å². The molecule has 0 aliphatic heterocycles. The Bertz CT molecular complexity index is 637. The monoisotopic (exact) mass is 425 g/mol. The van der Waals surface area contributed by atoms with Gasteiger partial charge in [0.1, 0.15) is 0 Å². The summed E-state index contributed by atoms with van der Waals surface area (Å²) in [4.78, 5) is 23.6. The summed E-state index contributed by atoms with van der Waals surface area (Å²) in [5.41, 5.74) is 1.12. The minimum Gasteiger partial charge on any atom is -0.462 e. The zero-order valence-corrected chi connectivity index (χ0v) is 15.2. The first-order chi connectivity index (χ1) is 11.1. The number of carbonyl (C=O) groups excluding carboxylic acids is 2. The van der Waals surface area contributed by atoms with E-state index in [4.69, 9.17) is 9.47 Å². The van der Waals surface area contributed by atoms with Crippen LogP contribution in [0.25, 0.3) is 0 Å². The van der Waals surface area contributed by atoms with Crippen molar-refractivity contribution in [3.8, 4) is 0 Å². The topological polar surface area (TPSA) is 52.6 Å². The summed E-state index contributed by atoms with van der Waals surface area (Å²) in [6.07, 6.45) is 0. The van der Waals surface area contributed by atoms with Crippen LogP contribution in [0.5, 0.6) is 0 Å². The van der Waals surface area contributed by atoms with E-state index in [1.165, 1.54) is 0 Å². The van der Waals surface area contributed by atoms with Gasteiger partial charge in [0.05, 0.1) is 24.3 Å². The van der Waals surface area contributed by atoms with Crippen molar-refractivity contribution in [2.75, 3.05) is 13.2 Å². The van der Waals surface area contributed by atoms with Crippen molar-refractivity contribution >= 4 is 11.9 Å². The van der Waals surface area contributed by atoms with Crippen molar-refractivity contribution in [2.45, 2.75) is 13.8 Å². The third kappa shape index (κ3) is 5.06. The minimum atomic E-state index is -0.491. The maximum atomic E-state index is 11.8. The fourth-order valence-electron chi connectivity index (χ4n) is 1.90. The highest BCUT2D eigenvalue weighted by molar-refractivity contribution is 5.89. The molecule has 2 aromatic carbocycles. The third-order valence-corrected chi connectivity index (χ3v) is 5.48. The second-order valence-corrected chi connectivity index (χ2v) is 7.59. The first kappa shape index (κ1) is 17.5. The average molecular weight is 425 g/mol. The van der Waals surface area contributed by atoms with Gasteiger partial charge in [0, 0.05) is 12.1 Å². The van der Waals surface area contributed by atoms with Gasteiger partial charge in [0.25, 0.3) is 0 Å². The highest BCUT2D eigenvalue weighted by atomic mass is 127. The van der Waals surface area contributed by atoms with E-state index in [1.54, 1.807) is 26.0 Å². The number of carbonyl (C=O) groups is 2. The van der Waals surface area contributed by atoms with E-state index in [0.29, 0.717) is 24.3 Å². The molecule has 0 bridgehead atoms. The quantitative estimate of drug-likeness (QED) is 0.489. The Morgan fingerprint density at radius 1 is 0.826 bits per heavy atom. The Balaban J connectivity index is 2.16. The van der Waals surface area contributed by atoms with Crippen LogP contribution in [0.2, 0.25) is 0 Å². The van der Waals surface area contributed by atoms with Gasteiger partial charge in [-0.1, -0.05) is 12.1 Å². The molecule has 5 heteroatoms. The minimum absolute atomic E-state index is 0.307. The second kappa shape index (κ2) is 8.67. The van der Waals surface area contributed by atoms with Gasteiger partial charge in [0.2, 0.25) is 0 Å². The summed E-state index contributed by atoms with van der Waals surface area (Å²) in [6.45, 7) is 4.30. The van der Waals surface area contributed by atoms with Crippen LogP contribution in [0.3, 0.4) is 0 Å². The molecule has 0 heterocycles. The first-order valence-corrected chi connectivity index (χ1v) is 9.49. The molecular formula is C18H18IO4+. The van der Waals surface area contributed by atoms with E-state index in [-0.39, 0.29) is 11.9 Å². The predicted molar refractivity (Wildman–Crippen MR) is 82.2 cm³/mol. The molecule has 0 radical (unpaired) electrons. The van der Waals surface area contributed by atoms with Gasteiger partial charge in [-0.15, -0.1) is 0 Å². The highest BCUT2D eigenvalue weighted by Crippen LogP contribution is 2.02. The molecule has 0 aromatic heterocycles. The van der Waals surface area contributed by atoms with Crippen molar-refractivity contribution in [3.05, 3.63) is 66.8 Å². The second-order valence-electron chi connectivity index (χ2n) is 4.56. The standard InChI is InChI=1S/C18H18IO4/c1-3-22-17(20)13-7-5-9-15(11-13)19-16-10-6-8-14(12-16)18(21)23-4-2/h5-12H,3-4H2,1-2H3/q+1. The molecule has 0 amide bonds. The number of halogens is 1. The van der Waals surface area contributed by atoms with Gasteiger partial charge in [-0.2, -0.15) is 0 Å². The number of ether oxygens (including phenoxy) is 2. The van der Waals surface area contributed by atoms with Crippen LogP contribution in [0, 0.1) is 7.14 Å². The SMILES string of the molecule is CCOC(=O)c1cccc([I+]c2cccc(C(=O)OCC)c2)c1. The van der Waals surface area contributed by atoms with Crippen molar-refractivity contribution in [2.24, 2.45) is 0 Å². The number of rotatable bonds is 6. The van der Waals surface area contributed by atoms with Crippen molar-refractivity contribution in [1.29, 1.82) is 0 Å². The molecule has 23 heavy (non-hydrogen) atoms. The summed E-state index contributed by atoms with van der Waals surface area (Å²) in [6, 6.07) is 14.9. The predicted octanol–water partition coefficient (Wildman–Crippen LogP) is 0.168. The zero-order chi connectivity index (χ0) is 16.7. The fourth-order valence-corrected chi connectivity index (χ4v) is 4.38. The zero-order valence-electron chi connectivity index (χ0n) is 13.0. The van der Waals surface area contributed by atoms with E-state index in [9.17, 15) is 9.59 Å². The smallest absolute Gasteiger partial charge is 0.357 e. The Hall–Kier alpha value is -1.89. The summed E-state index contributed by atoms with van der Waals surface area (Å²) < 4.78 is 12.2. The van der Waals surface area contributed by atoms with E-state index in [1.807, 2.05) is 36.4 Å². The van der Waals surface area contributed by atoms with E-state index >= 15 is 0 Å². The molecule has 2 aromatic rings. The largest absolute Gasteiger partial charge is 0.462 e. The van der Waals surface area contributed by atoms with Crippen LogP contribution in [0.15, 0.2) is 48.5 Å². The lowest BCUT2D eigenvalue weighted by Gasteiger charge is -2.01. The van der Waals surface area contributed by atoms with Gasteiger partial charge >= 0.3 is 33.1 Å². The molecule has 0 atom stereocenters. The molecule has 0 N–H and O–H groups in total. The van der Waals surface area contributed by atoms with Gasteiger partial charge < -0.3 is 9.47 Å². The summed E-state index contributed by atoms with van der Waals surface area (Å²) in [5, 5.41) is 0. The molecular weight excluding hydrogens is 407 g/mol. The van der Waals surface area contributed by atoms with E-state index in [0.717, 1.165) is 7.14 Å². The Labute approximate surface area is 146 Å². The van der Waals surface area contributed by atoms with Crippen LogP contribution < -0.4 is 21.2 Å². The van der Waals surface area contributed by atoms with E-state index in [2.05, 4.69) is 0 Å². The molecule has 2 rings (SSSR count). The lowest BCUT2D eigenvalue weighted by Crippen LogP contribution is -3.61. The maximum absolute atomic E-state index is 11.8. The average Bonchev–Trinajstić information content (AvgIpc) is 2.56. The molecule has 0 saturated heterocycles. The molecule has 4 nitrogen and oxygen atoms in total. The van der Waals surface area contributed by atoms with Crippen LogP contribution in [-0.2, 0) is 9.47 Å². The van der Waals surface area contributed by atoms with Crippen molar-refractivity contribution < 1.29 is 40.3 Å². The molecule has 0 saturated carbocycles. The number of esters is 2. The van der Waals surface area contributed by atoms with Crippen molar-refractivity contribution in [1.82, 2.24) is 0 Å². The Morgan fingerprint density at radius 3 is 1.65 bits per heavy atom. The van der Waals surface area contributed by atoms with Gasteiger partial charge in [0.15, 0.2) is 7.14 Å². The molecule has 0 unspecified atom stereocenters. The maximum Gasteiger partial charge on any atom is 0.357 e. The lowest BCUT2D eigenvalue weighted by molar-refractivity contribution is -0.597. The highest BCUT2D eigenvalue weighted by Gasteiger charge is 2.20. The third-order valence-electron chi connectivity index (χ3n) is 2.89. The fraction of sp³-hybridized carbons (Fsp3) is 0.222. The van der Waals surface area contributed by atoms with Gasteiger partial charge in [-0.05, 0) is 38.1 Å². The number of benzene rings is 2. The van der Waals surface area contributed by atoms with Crippen LogP contribution in [0.1, 0.15) is 34.6 Å². The van der Waals surface area contributed by atoms with Crippen LogP contribution in [0.4, 0.5) is 0 Å². The molecule has 120 valence electrons. The Kier molecular flexibility index (Phi) is 6.58. The molecule has 0 aliphatic rings. The normalized spacial score (nSPS) is 10.2. The Morgan fingerprint density at radius 2 is 1.26 bits per heavy atom. The summed E-state index contributed by atoms with van der Waals surface area (Å²) in [7, 11) is 0. The van der Waals surface area contributed by atoms with Crippen LogP contribution in [-0.4, -0.2) is 25.2 Å². The molecule has 0 aliphatic carbocycles. The van der Waals surface area contributed by atoms with Gasteiger partial charge in [-0.3, -0.25) is 0 Å². The molecule has 0 fully saturated rings. The number of hydrogen-bond acceptors (Lipinski definition) is 4. The van der Waals surface area contributed by atoms with Crippen LogP contribution >= 0.6 is 0 Å². The molecule has 0 spiro atoms. The lowest BCUT2D eigenvalue weighted by atomic mass is 10.2. The number of hydrogen-bond donors (Lipinski definition) is 0. The first-order valence-electron chi connectivity index (χ1n) is 7.33. The van der Waals surface area contributed by atoms with Crippen molar-refractivity contribution in [3.63, 3.8) is 0 Å².